The quantitative estimate of drug-likeness (QED) is 0.616. The molecule has 0 aliphatic carbocycles. The number of rotatable bonds is 5. The van der Waals surface area contributed by atoms with E-state index in [0.717, 1.165) is 16.8 Å². The number of primary sulfonamides is 1. The molecule has 0 saturated heterocycles. The summed E-state index contributed by atoms with van der Waals surface area (Å²) in [6.07, 6.45) is 0. The monoisotopic (exact) mass is 380 g/mol. The molecule has 2 aromatic carbocycles. The fourth-order valence-corrected chi connectivity index (χ4v) is 2.73. The minimum absolute atomic E-state index is 0.0451. The number of sulfonamides is 1. The third-order valence-electron chi connectivity index (χ3n) is 3.51. The number of hydrogen-bond acceptors (Lipinski definition) is 6. The lowest BCUT2D eigenvalue weighted by Gasteiger charge is -2.05. The highest BCUT2D eigenvalue weighted by Crippen LogP contribution is 2.19. The first-order chi connectivity index (χ1) is 12.2. The van der Waals surface area contributed by atoms with E-state index in [9.17, 15) is 17.2 Å². The van der Waals surface area contributed by atoms with E-state index in [0.29, 0.717) is 5.69 Å². The summed E-state index contributed by atoms with van der Waals surface area (Å²) >= 11 is 0. The Labute approximate surface area is 147 Å². The van der Waals surface area contributed by atoms with Gasteiger partial charge in [0, 0.05) is 11.3 Å². The number of nitrogens with two attached hydrogens (primary N) is 2. The maximum atomic E-state index is 13.7. The van der Waals surface area contributed by atoms with Gasteiger partial charge in [0.15, 0.2) is 0 Å². The van der Waals surface area contributed by atoms with E-state index < -0.39 is 21.7 Å². The zero-order chi connectivity index (χ0) is 18.9. The van der Waals surface area contributed by atoms with Crippen LogP contribution in [0.15, 0.2) is 47.4 Å². The summed E-state index contributed by atoms with van der Waals surface area (Å²) in [6, 6.07) is 9.09. The van der Waals surface area contributed by atoms with Gasteiger partial charge in [0.2, 0.25) is 21.9 Å². The van der Waals surface area contributed by atoms with Gasteiger partial charge in [-0.15, -0.1) is 5.10 Å². The molecule has 0 radical (unpaired) electrons. The lowest BCUT2D eigenvalue weighted by atomic mass is 10.2. The zero-order valence-corrected chi connectivity index (χ0v) is 14.0. The number of anilines is 3. The molecule has 0 fully saturated rings. The smallest absolute Gasteiger partial charge is 0.248 e. The summed E-state index contributed by atoms with van der Waals surface area (Å²) < 4.78 is 51.1. The van der Waals surface area contributed by atoms with Crippen LogP contribution in [0, 0.1) is 11.6 Å². The molecule has 0 amide bonds. The normalized spacial score (nSPS) is 11.5. The topological polar surface area (TPSA) is 129 Å². The highest BCUT2D eigenvalue weighted by Gasteiger charge is 2.14. The van der Waals surface area contributed by atoms with Crippen LogP contribution < -0.4 is 16.2 Å². The summed E-state index contributed by atoms with van der Waals surface area (Å²) in [5.41, 5.74) is 6.02. The van der Waals surface area contributed by atoms with Crippen LogP contribution in [0.5, 0.6) is 0 Å². The van der Waals surface area contributed by atoms with Crippen LogP contribution >= 0.6 is 0 Å². The molecule has 0 atom stereocenters. The molecular weight excluding hydrogens is 366 g/mol. The van der Waals surface area contributed by atoms with E-state index in [2.05, 4.69) is 15.4 Å². The third kappa shape index (κ3) is 3.78. The Hall–Kier alpha value is -3.05. The molecule has 3 rings (SSSR count). The third-order valence-corrected chi connectivity index (χ3v) is 4.44. The van der Waals surface area contributed by atoms with Crippen LogP contribution in [0.4, 0.5) is 26.4 Å². The Morgan fingerprint density at radius 2 is 1.69 bits per heavy atom. The van der Waals surface area contributed by atoms with E-state index in [-0.39, 0.29) is 28.9 Å². The molecule has 11 heteroatoms. The summed E-state index contributed by atoms with van der Waals surface area (Å²) in [5.74, 6) is -1.39. The first-order valence-electron chi connectivity index (χ1n) is 7.27. The lowest BCUT2D eigenvalue weighted by Crippen LogP contribution is -2.11. The van der Waals surface area contributed by atoms with Crippen molar-refractivity contribution in [3.8, 4) is 0 Å². The number of nitrogens with one attached hydrogen (secondary N) is 1. The number of hydrogen-bond donors (Lipinski definition) is 3. The van der Waals surface area contributed by atoms with Gasteiger partial charge < -0.3 is 11.1 Å². The van der Waals surface area contributed by atoms with Crippen molar-refractivity contribution in [2.75, 3.05) is 11.1 Å². The average molecular weight is 380 g/mol. The summed E-state index contributed by atoms with van der Waals surface area (Å²) in [7, 11) is -3.79. The minimum atomic E-state index is -3.79. The van der Waals surface area contributed by atoms with Crippen LogP contribution in [0.2, 0.25) is 0 Å². The largest absolute Gasteiger partial charge is 0.368 e. The Morgan fingerprint density at radius 1 is 1.08 bits per heavy atom. The number of nitrogens with zero attached hydrogens (tertiary/aromatic N) is 3. The molecule has 0 aliphatic heterocycles. The molecule has 5 N–H and O–H groups in total. The molecule has 0 unspecified atom stereocenters. The molecule has 8 nitrogen and oxygen atoms in total. The van der Waals surface area contributed by atoms with Gasteiger partial charge in [0.1, 0.15) is 11.6 Å². The number of nitrogen functional groups attached to an aromatic ring is 1. The summed E-state index contributed by atoms with van der Waals surface area (Å²) in [5, 5.41) is 11.9. The Bertz CT molecular complexity index is 1030. The molecule has 0 spiro atoms. The Kier molecular flexibility index (Phi) is 4.57. The second-order valence-electron chi connectivity index (χ2n) is 5.35. The zero-order valence-electron chi connectivity index (χ0n) is 13.2. The second-order valence-corrected chi connectivity index (χ2v) is 6.91. The van der Waals surface area contributed by atoms with Gasteiger partial charge >= 0.3 is 0 Å². The minimum Gasteiger partial charge on any atom is -0.368 e. The summed E-state index contributed by atoms with van der Waals surface area (Å²) in [4.78, 5) is 3.92. The average Bonchev–Trinajstić information content (AvgIpc) is 2.90. The fraction of sp³-hybridized carbons (Fsp3) is 0.0667. The van der Waals surface area contributed by atoms with Gasteiger partial charge in [-0.3, -0.25) is 0 Å². The van der Waals surface area contributed by atoms with Crippen molar-refractivity contribution in [2.24, 2.45) is 5.14 Å². The Balaban J connectivity index is 1.80. The van der Waals surface area contributed by atoms with Crippen LogP contribution in [0.3, 0.4) is 0 Å². The van der Waals surface area contributed by atoms with Crippen molar-refractivity contribution in [2.45, 2.75) is 11.4 Å². The predicted molar refractivity (Wildman–Crippen MR) is 91.0 cm³/mol. The van der Waals surface area contributed by atoms with E-state index in [1.807, 2.05) is 0 Å². The molecule has 1 aromatic heterocycles. The van der Waals surface area contributed by atoms with Gasteiger partial charge in [0.05, 0.1) is 11.4 Å². The van der Waals surface area contributed by atoms with Crippen molar-refractivity contribution < 1.29 is 17.2 Å². The first kappa shape index (κ1) is 17.8. The van der Waals surface area contributed by atoms with Crippen molar-refractivity contribution in [3.63, 3.8) is 0 Å². The van der Waals surface area contributed by atoms with Gasteiger partial charge in [-0.05, 0) is 36.4 Å². The van der Waals surface area contributed by atoms with Crippen LogP contribution in [-0.4, -0.2) is 23.2 Å². The van der Waals surface area contributed by atoms with Gasteiger partial charge in [-0.1, -0.05) is 6.07 Å². The molecule has 26 heavy (non-hydrogen) atoms. The Morgan fingerprint density at radius 3 is 2.27 bits per heavy atom. The highest BCUT2D eigenvalue weighted by atomic mass is 32.2. The summed E-state index contributed by atoms with van der Waals surface area (Å²) in [6.45, 7) is -0.233. The molecule has 0 saturated carbocycles. The van der Waals surface area contributed by atoms with Gasteiger partial charge in [-0.25, -0.2) is 27.0 Å². The van der Waals surface area contributed by atoms with Crippen molar-refractivity contribution in [3.05, 3.63) is 59.7 Å². The van der Waals surface area contributed by atoms with Gasteiger partial charge in [0.25, 0.3) is 0 Å². The highest BCUT2D eigenvalue weighted by molar-refractivity contribution is 7.89. The number of benzene rings is 2. The molecule has 136 valence electrons. The van der Waals surface area contributed by atoms with Crippen LogP contribution in [0.1, 0.15) is 5.56 Å². The van der Waals surface area contributed by atoms with Gasteiger partial charge in [-0.2, -0.15) is 4.98 Å². The maximum absolute atomic E-state index is 13.7. The molecule has 1 heterocycles. The SMILES string of the molecule is Nc1nc(Nc2ccc(S(N)(=O)=O)cc2)nn1Cc1c(F)cccc1F. The number of aromatic nitrogens is 3. The number of halogens is 2. The van der Waals surface area contributed by atoms with Crippen molar-refractivity contribution >= 4 is 27.6 Å². The molecule has 0 bridgehead atoms. The lowest BCUT2D eigenvalue weighted by molar-refractivity contribution is 0.535. The molecule has 0 aliphatic rings. The standard InChI is InChI=1S/C15H14F2N6O2S/c16-12-2-1-3-13(17)11(12)8-23-14(18)21-15(22-23)20-9-4-6-10(7-5-9)26(19,24)25/h1-7H,8H2,(H2,19,24,25)(H3,18,20,21,22). The van der Waals surface area contributed by atoms with Crippen molar-refractivity contribution in [1.29, 1.82) is 0 Å². The van der Waals surface area contributed by atoms with Crippen LogP contribution in [-0.2, 0) is 16.6 Å². The first-order valence-corrected chi connectivity index (χ1v) is 8.82. The maximum Gasteiger partial charge on any atom is 0.248 e. The van der Waals surface area contributed by atoms with Crippen LogP contribution in [0.25, 0.3) is 0 Å². The van der Waals surface area contributed by atoms with E-state index >= 15 is 0 Å². The second kappa shape index (κ2) is 6.69. The predicted octanol–water partition coefficient (Wildman–Crippen LogP) is 1.58. The molecule has 3 aromatic rings. The van der Waals surface area contributed by atoms with Crippen molar-refractivity contribution in [1.82, 2.24) is 14.8 Å². The fourth-order valence-electron chi connectivity index (χ4n) is 2.21. The van der Waals surface area contributed by atoms with E-state index in [4.69, 9.17) is 10.9 Å². The molecular formula is C15H14F2N6O2S. The van der Waals surface area contributed by atoms with E-state index in [1.165, 1.54) is 30.3 Å². The van der Waals surface area contributed by atoms with E-state index in [1.54, 1.807) is 0 Å².